The summed E-state index contributed by atoms with van der Waals surface area (Å²) in [6.45, 7) is -0.422. The highest BCUT2D eigenvalue weighted by molar-refractivity contribution is 5.93. The molecule has 3 rings (SSSR count). The molecule has 2 aromatic heterocycles. The van der Waals surface area contributed by atoms with Crippen molar-refractivity contribution < 1.29 is 20.1 Å². The predicted molar refractivity (Wildman–Crippen MR) is 71.9 cm³/mol. The lowest BCUT2D eigenvalue weighted by molar-refractivity contribution is -0.0508. The van der Waals surface area contributed by atoms with Crippen molar-refractivity contribution in [3.05, 3.63) is 24.0 Å². The van der Waals surface area contributed by atoms with E-state index >= 15 is 0 Å². The number of nitrogen functional groups attached to an aromatic ring is 1. The number of nitrogens with zero attached hydrogens (tertiary/aromatic N) is 3. The first-order valence-electron chi connectivity index (χ1n) is 6.36. The van der Waals surface area contributed by atoms with Crippen LogP contribution in [0.25, 0.3) is 11.0 Å². The highest BCUT2D eigenvalue weighted by Gasteiger charge is 2.44. The second-order valence-corrected chi connectivity index (χ2v) is 4.89. The Bertz CT molecular complexity index is 723. The zero-order valence-electron chi connectivity index (χ0n) is 10.9. The van der Waals surface area contributed by atoms with Gasteiger partial charge in [-0.1, -0.05) is 0 Å². The summed E-state index contributed by atoms with van der Waals surface area (Å²) < 4.78 is 6.90. The number of aliphatic hydroxyl groups is 3. The first kappa shape index (κ1) is 13.8. The van der Waals surface area contributed by atoms with Crippen LogP contribution in [0.2, 0.25) is 0 Å². The van der Waals surface area contributed by atoms with Gasteiger partial charge >= 0.3 is 0 Å². The molecule has 1 aliphatic heterocycles. The SMILES string of the molecule is N#Cc1cn([C@@H]2O[C@H](CO)[C@@H](O)[C@H]2O)c2nccc(N)c12. The van der Waals surface area contributed by atoms with E-state index in [2.05, 4.69) is 4.98 Å². The molecule has 0 aliphatic carbocycles. The van der Waals surface area contributed by atoms with Crippen LogP contribution in [0.15, 0.2) is 18.5 Å². The van der Waals surface area contributed by atoms with E-state index in [1.54, 1.807) is 6.07 Å². The maximum absolute atomic E-state index is 10.1. The van der Waals surface area contributed by atoms with Crippen molar-refractivity contribution in [1.82, 2.24) is 9.55 Å². The third-order valence-electron chi connectivity index (χ3n) is 3.66. The molecule has 0 saturated carbocycles. The fourth-order valence-electron chi connectivity index (χ4n) is 2.59. The highest BCUT2D eigenvalue weighted by Crippen LogP contribution is 2.34. The van der Waals surface area contributed by atoms with Gasteiger partial charge in [0.2, 0.25) is 0 Å². The van der Waals surface area contributed by atoms with E-state index in [1.807, 2.05) is 6.07 Å². The van der Waals surface area contributed by atoms with Gasteiger partial charge in [-0.05, 0) is 6.07 Å². The number of fused-ring (bicyclic) bond motifs is 1. The van der Waals surface area contributed by atoms with Crippen LogP contribution in [0.1, 0.15) is 11.8 Å². The van der Waals surface area contributed by atoms with Crippen LogP contribution in [-0.4, -0.2) is 49.8 Å². The van der Waals surface area contributed by atoms with Crippen LogP contribution >= 0.6 is 0 Å². The van der Waals surface area contributed by atoms with Crippen molar-refractivity contribution in [3.63, 3.8) is 0 Å². The molecule has 8 nitrogen and oxygen atoms in total. The van der Waals surface area contributed by atoms with Gasteiger partial charge in [0.1, 0.15) is 30.0 Å². The standard InChI is InChI=1S/C13H14N4O4/c14-3-6-4-17(12-9(6)7(15)1-2-16-12)13-11(20)10(19)8(5-18)21-13/h1-2,4,8,10-11,13,18-20H,5H2,(H2,15,16)/t8-,10-,11-,13-/m1/s1. The van der Waals surface area contributed by atoms with Crippen molar-refractivity contribution in [3.8, 4) is 6.07 Å². The normalized spacial score (nSPS) is 28.9. The van der Waals surface area contributed by atoms with Gasteiger partial charge in [-0.2, -0.15) is 5.26 Å². The van der Waals surface area contributed by atoms with E-state index in [4.69, 9.17) is 15.6 Å². The van der Waals surface area contributed by atoms with Crippen molar-refractivity contribution in [1.29, 1.82) is 5.26 Å². The van der Waals surface area contributed by atoms with Crippen molar-refractivity contribution in [2.24, 2.45) is 0 Å². The second kappa shape index (κ2) is 4.98. The van der Waals surface area contributed by atoms with Crippen LogP contribution in [0, 0.1) is 11.3 Å². The van der Waals surface area contributed by atoms with Gasteiger partial charge < -0.3 is 30.4 Å². The molecule has 1 aliphatic rings. The zero-order valence-corrected chi connectivity index (χ0v) is 10.9. The second-order valence-electron chi connectivity index (χ2n) is 4.89. The molecule has 3 heterocycles. The van der Waals surface area contributed by atoms with Gasteiger partial charge in [0, 0.05) is 18.1 Å². The molecule has 1 saturated heterocycles. The van der Waals surface area contributed by atoms with Gasteiger partial charge in [-0.15, -0.1) is 0 Å². The molecule has 8 heteroatoms. The van der Waals surface area contributed by atoms with Crippen LogP contribution in [0.5, 0.6) is 0 Å². The van der Waals surface area contributed by atoms with E-state index in [1.165, 1.54) is 17.0 Å². The van der Waals surface area contributed by atoms with E-state index in [0.29, 0.717) is 22.3 Å². The third-order valence-corrected chi connectivity index (χ3v) is 3.66. The Labute approximate surface area is 119 Å². The average Bonchev–Trinajstić information content (AvgIpc) is 2.99. The molecule has 0 radical (unpaired) electrons. The Balaban J connectivity index is 2.14. The molecular formula is C13H14N4O4. The lowest BCUT2D eigenvalue weighted by atomic mass is 10.1. The summed E-state index contributed by atoms with van der Waals surface area (Å²) in [5, 5.41) is 38.7. The quantitative estimate of drug-likeness (QED) is 0.562. The van der Waals surface area contributed by atoms with Gasteiger partial charge in [-0.25, -0.2) is 4.98 Å². The van der Waals surface area contributed by atoms with E-state index in [0.717, 1.165) is 0 Å². The average molecular weight is 290 g/mol. The Kier molecular flexibility index (Phi) is 3.27. The monoisotopic (exact) mass is 290 g/mol. The summed E-state index contributed by atoms with van der Waals surface area (Å²) >= 11 is 0. The minimum atomic E-state index is -1.24. The fraction of sp³-hybridized carbons (Fsp3) is 0.385. The Morgan fingerprint density at radius 2 is 2.19 bits per heavy atom. The number of aromatic nitrogens is 2. The molecule has 5 N–H and O–H groups in total. The summed E-state index contributed by atoms with van der Waals surface area (Å²) in [6, 6.07) is 3.59. The predicted octanol–water partition coefficient (Wildman–Crippen LogP) is -0.898. The lowest BCUT2D eigenvalue weighted by Crippen LogP contribution is -2.33. The van der Waals surface area contributed by atoms with Gasteiger partial charge in [0.15, 0.2) is 6.23 Å². The minimum absolute atomic E-state index is 0.299. The molecule has 0 amide bonds. The molecular weight excluding hydrogens is 276 g/mol. The lowest BCUT2D eigenvalue weighted by Gasteiger charge is -2.17. The number of rotatable bonds is 2. The topological polar surface area (TPSA) is 138 Å². The smallest absolute Gasteiger partial charge is 0.164 e. The van der Waals surface area contributed by atoms with Crippen LogP contribution in [-0.2, 0) is 4.74 Å². The van der Waals surface area contributed by atoms with Crippen LogP contribution in [0.3, 0.4) is 0 Å². The highest BCUT2D eigenvalue weighted by atomic mass is 16.6. The minimum Gasteiger partial charge on any atom is -0.398 e. The van der Waals surface area contributed by atoms with Crippen molar-refractivity contribution in [2.45, 2.75) is 24.5 Å². The molecule has 4 atom stereocenters. The summed E-state index contributed by atoms with van der Waals surface area (Å²) in [5.41, 5.74) is 6.93. The molecule has 110 valence electrons. The largest absolute Gasteiger partial charge is 0.398 e. The molecule has 1 fully saturated rings. The maximum atomic E-state index is 10.1. The summed E-state index contributed by atoms with van der Waals surface area (Å²) in [6.07, 6.45) is -1.35. The number of aliphatic hydroxyl groups excluding tert-OH is 3. The molecule has 0 spiro atoms. The number of hydrogen-bond acceptors (Lipinski definition) is 7. The van der Waals surface area contributed by atoms with E-state index < -0.39 is 31.1 Å². The Morgan fingerprint density at radius 1 is 1.43 bits per heavy atom. The van der Waals surface area contributed by atoms with Crippen LogP contribution in [0.4, 0.5) is 5.69 Å². The van der Waals surface area contributed by atoms with Crippen molar-refractivity contribution in [2.75, 3.05) is 12.3 Å². The number of ether oxygens (including phenoxy) is 1. The maximum Gasteiger partial charge on any atom is 0.164 e. The Morgan fingerprint density at radius 3 is 2.81 bits per heavy atom. The van der Waals surface area contributed by atoms with Crippen molar-refractivity contribution >= 4 is 16.7 Å². The number of pyridine rings is 1. The first-order chi connectivity index (χ1) is 10.1. The number of anilines is 1. The fourth-order valence-corrected chi connectivity index (χ4v) is 2.59. The first-order valence-corrected chi connectivity index (χ1v) is 6.36. The van der Waals surface area contributed by atoms with E-state index in [-0.39, 0.29) is 0 Å². The molecule has 0 bridgehead atoms. The third kappa shape index (κ3) is 1.95. The number of nitriles is 1. The van der Waals surface area contributed by atoms with Gasteiger partial charge in [0.25, 0.3) is 0 Å². The number of hydrogen-bond donors (Lipinski definition) is 4. The summed E-state index contributed by atoms with van der Waals surface area (Å²) in [5.74, 6) is 0. The van der Waals surface area contributed by atoms with E-state index in [9.17, 15) is 15.5 Å². The molecule has 0 aromatic carbocycles. The molecule has 2 aromatic rings. The summed E-state index contributed by atoms with van der Waals surface area (Å²) in [7, 11) is 0. The zero-order chi connectivity index (χ0) is 15.1. The van der Waals surface area contributed by atoms with Gasteiger partial charge in [0.05, 0.1) is 17.6 Å². The number of nitrogens with two attached hydrogens (primary N) is 1. The molecule has 21 heavy (non-hydrogen) atoms. The Hall–Kier alpha value is -2.18. The summed E-state index contributed by atoms with van der Waals surface area (Å²) in [4.78, 5) is 4.16. The van der Waals surface area contributed by atoms with Crippen LogP contribution < -0.4 is 5.73 Å². The van der Waals surface area contributed by atoms with Gasteiger partial charge in [-0.3, -0.25) is 0 Å². The molecule has 0 unspecified atom stereocenters.